The molecule has 0 N–H and O–H groups in total. The minimum Gasteiger partial charge on any atom is -0.493 e. The van der Waals surface area contributed by atoms with Gasteiger partial charge in [-0.3, -0.25) is 0 Å². The molecule has 2 atom stereocenters. The number of ether oxygens (including phenoxy) is 1. The van der Waals surface area contributed by atoms with Crippen LogP contribution in [0, 0.1) is 18.6 Å². The third-order valence-corrected chi connectivity index (χ3v) is 4.80. The van der Waals surface area contributed by atoms with Gasteiger partial charge in [0.25, 0.3) is 0 Å². The zero-order chi connectivity index (χ0) is 14.3. The molecule has 0 amide bonds. The first-order valence-corrected chi connectivity index (χ1v) is 7.31. The number of aryl methyl sites for hydroxylation is 1. The lowest BCUT2D eigenvalue weighted by molar-refractivity contribution is 0.328. The van der Waals surface area contributed by atoms with E-state index in [0.29, 0.717) is 17.7 Å². The van der Waals surface area contributed by atoms with Crippen LogP contribution in [0.15, 0.2) is 36.4 Å². The second-order valence-corrected chi connectivity index (χ2v) is 5.97. The predicted octanol–water partition coefficient (Wildman–Crippen LogP) is 4.89. The number of halogens is 3. The summed E-state index contributed by atoms with van der Waals surface area (Å²) in [6, 6.07) is 10.2. The van der Waals surface area contributed by atoms with Crippen molar-refractivity contribution in [1.29, 1.82) is 0 Å². The number of rotatable bonds is 2. The minimum absolute atomic E-state index is 0.0190. The molecule has 0 bridgehead atoms. The molecule has 2 aromatic rings. The van der Waals surface area contributed by atoms with Crippen molar-refractivity contribution < 1.29 is 13.5 Å². The Morgan fingerprint density at radius 3 is 2.75 bits per heavy atom. The van der Waals surface area contributed by atoms with Gasteiger partial charge < -0.3 is 4.74 Å². The lowest BCUT2D eigenvalue weighted by Crippen LogP contribution is -2.10. The maximum absolute atomic E-state index is 14.0. The van der Waals surface area contributed by atoms with Crippen molar-refractivity contribution in [2.45, 2.75) is 17.7 Å². The third kappa shape index (κ3) is 2.22. The van der Waals surface area contributed by atoms with Crippen LogP contribution in [0.1, 0.15) is 27.4 Å². The van der Waals surface area contributed by atoms with Crippen molar-refractivity contribution in [2.24, 2.45) is 0 Å². The first-order valence-electron chi connectivity index (χ1n) is 6.39. The summed E-state index contributed by atoms with van der Waals surface area (Å²) in [5, 5.41) is 0. The van der Waals surface area contributed by atoms with Gasteiger partial charge in [-0.1, -0.05) is 34.1 Å². The van der Waals surface area contributed by atoms with E-state index in [-0.39, 0.29) is 10.7 Å². The van der Waals surface area contributed by atoms with Crippen LogP contribution in [-0.4, -0.2) is 6.61 Å². The van der Waals surface area contributed by atoms with E-state index in [0.717, 1.165) is 17.4 Å². The molecule has 0 spiro atoms. The summed E-state index contributed by atoms with van der Waals surface area (Å²) in [5.74, 6) is -0.194. The van der Waals surface area contributed by atoms with E-state index in [4.69, 9.17) is 4.74 Å². The zero-order valence-electron chi connectivity index (χ0n) is 10.9. The van der Waals surface area contributed by atoms with E-state index >= 15 is 0 Å². The Kier molecular flexibility index (Phi) is 3.50. The van der Waals surface area contributed by atoms with Gasteiger partial charge in [0.1, 0.15) is 17.4 Å². The van der Waals surface area contributed by atoms with Gasteiger partial charge in [-0.2, -0.15) is 0 Å². The number of para-hydroxylation sites is 1. The fourth-order valence-electron chi connectivity index (χ4n) is 2.54. The summed E-state index contributed by atoms with van der Waals surface area (Å²) in [5.41, 5.74) is 1.96. The highest BCUT2D eigenvalue weighted by Gasteiger charge is 2.32. The molecular weight excluding hydrogens is 326 g/mol. The monoisotopic (exact) mass is 338 g/mol. The van der Waals surface area contributed by atoms with Crippen molar-refractivity contribution in [3.05, 3.63) is 64.7 Å². The molecule has 4 heteroatoms. The van der Waals surface area contributed by atoms with E-state index in [1.165, 1.54) is 0 Å². The molecule has 1 heterocycles. The van der Waals surface area contributed by atoms with Gasteiger partial charge in [0.05, 0.1) is 11.4 Å². The fraction of sp³-hybridized carbons (Fsp3) is 0.250. The summed E-state index contributed by atoms with van der Waals surface area (Å²) in [4.78, 5) is -0.245. The Morgan fingerprint density at radius 1 is 1.20 bits per heavy atom. The molecule has 2 unspecified atom stereocenters. The van der Waals surface area contributed by atoms with Gasteiger partial charge in [-0.15, -0.1) is 0 Å². The van der Waals surface area contributed by atoms with Gasteiger partial charge in [0, 0.05) is 23.1 Å². The molecule has 104 valence electrons. The average Bonchev–Trinajstić information content (AvgIpc) is 2.86. The van der Waals surface area contributed by atoms with Crippen LogP contribution in [0.4, 0.5) is 8.78 Å². The first-order chi connectivity index (χ1) is 9.58. The lowest BCUT2D eigenvalue weighted by Gasteiger charge is -2.18. The molecule has 0 aromatic heterocycles. The summed E-state index contributed by atoms with van der Waals surface area (Å²) in [6.45, 7) is 2.13. The number of benzene rings is 2. The van der Waals surface area contributed by atoms with Crippen molar-refractivity contribution >= 4 is 15.9 Å². The van der Waals surface area contributed by atoms with Gasteiger partial charge >= 0.3 is 0 Å². The molecule has 3 rings (SSSR count). The molecule has 0 saturated heterocycles. The molecule has 0 aliphatic carbocycles. The number of alkyl halides is 1. The second kappa shape index (κ2) is 5.17. The molecule has 1 aliphatic heterocycles. The highest BCUT2D eigenvalue weighted by Crippen LogP contribution is 2.46. The minimum atomic E-state index is -0.528. The van der Waals surface area contributed by atoms with Crippen LogP contribution >= 0.6 is 15.9 Å². The lowest BCUT2D eigenvalue weighted by atomic mass is 9.92. The van der Waals surface area contributed by atoms with E-state index in [1.807, 2.05) is 24.3 Å². The highest BCUT2D eigenvalue weighted by molar-refractivity contribution is 9.09. The van der Waals surface area contributed by atoms with Crippen LogP contribution in [0.25, 0.3) is 0 Å². The SMILES string of the molecule is Cc1cc(C(Br)C2COc3ccccc32)c(F)cc1F. The number of hydrogen-bond donors (Lipinski definition) is 0. The maximum Gasteiger partial charge on any atom is 0.130 e. The van der Waals surface area contributed by atoms with E-state index in [9.17, 15) is 8.78 Å². The molecule has 0 radical (unpaired) electrons. The predicted molar refractivity (Wildman–Crippen MR) is 77.4 cm³/mol. The van der Waals surface area contributed by atoms with Gasteiger partial charge in [-0.25, -0.2) is 8.78 Å². The normalized spacial score (nSPS) is 18.5. The fourth-order valence-corrected chi connectivity index (χ4v) is 3.33. The van der Waals surface area contributed by atoms with Crippen LogP contribution in [0.2, 0.25) is 0 Å². The first kappa shape index (κ1) is 13.6. The zero-order valence-corrected chi connectivity index (χ0v) is 12.5. The van der Waals surface area contributed by atoms with Crippen molar-refractivity contribution in [3.63, 3.8) is 0 Å². The molecule has 1 aliphatic rings. The summed E-state index contributed by atoms with van der Waals surface area (Å²) in [6.07, 6.45) is 0. The Morgan fingerprint density at radius 2 is 1.95 bits per heavy atom. The largest absolute Gasteiger partial charge is 0.493 e. The van der Waals surface area contributed by atoms with Crippen molar-refractivity contribution in [3.8, 4) is 5.75 Å². The number of fused-ring (bicyclic) bond motifs is 1. The van der Waals surface area contributed by atoms with E-state index in [1.54, 1.807) is 13.0 Å². The van der Waals surface area contributed by atoms with Crippen LogP contribution in [0.3, 0.4) is 0 Å². The van der Waals surface area contributed by atoms with Gasteiger partial charge in [-0.05, 0) is 24.6 Å². The average molecular weight is 339 g/mol. The maximum atomic E-state index is 14.0. The van der Waals surface area contributed by atoms with Crippen LogP contribution in [-0.2, 0) is 0 Å². The van der Waals surface area contributed by atoms with Crippen LogP contribution < -0.4 is 4.74 Å². The van der Waals surface area contributed by atoms with Crippen molar-refractivity contribution in [2.75, 3.05) is 6.61 Å². The Bertz CT molecular complexity index is 657. The van der Waals surface area contributed by atoms with E-state index in [2.05, 4.69) is 15.9 Å². The molecule has 20 heavy (non-hydrogen) atoms. The Hall–Kier alpha value is -1.42. The Balaban J connectivity index is 1.98. The van der Waals surface area contributed by atoms with Gasteiger partial charge in [0.15, 0.2) is 0 Å². The molecule has 0 saturated carbocycles. The van der Waals surface area contributed by atoms with Gasteiger partial charge in [0.2, 0.25) is 0 Å². The second-order valence-electron chi connectivity index (χ2n) is 4.98. The Labute approximate surface area is 124 Å². The molecule has 1 nitrogen and oxygen atoms in total. The summed E-state index contributed by atoms with van der Waals surface area (Å²) < 4.78 is 33.0. The molecular formula is C16H13BrF2O. The third-order valence-electron chi connectivity index (χ3n) is 3.67. The molecule has 2 aromatic carbocycles. The topological polar surface area (TPSA) is 9.23 Å². The smallest absolute Gasteiger partial charge is 0.130 e. The highest BCUT2D eigenvalue weighted by atomic mass is 79.9. The number of hydrogen-bond acceptors (Lipinski definition) is 1. The standard InChI is InChI=1S/C16H13BrF2O/c1-9-6-11(14(19)7-13(9)18)16(17)12-8-20-15-5-3-2-4-10(12)15/h2-7,12,16H,8H2,1H3. The van der Waals surface area contributed by atoms with Crippen molar-refractivity contribution in [1.82, 2.24) is 0 Å². The van der Waals surface area contributed by atoms with E-state index < -0.39 is 11.6 Å². The molecule has 0 fully saturated rings. The summed E-state index contributed by atoms with van der Waals surface area (Å²) >= 11 is 3.55. The summed E-state index contributed by atoms with van der Waals surface area (Å²) in [7, 11) is 0. The quantitative estimate of drug-likeness (QED) is 0.708. The van der Waals surface area contributed by atoms with Crippen LogP contribution in [0.5, 0.6) is 5.75 Å².